The van der Waals surface area contributed by atoms with Crippen molar-refractivity contribution in [3.8, 4) is 0 Å². The summed E-state index contributed by atoms with van der Waals surface area (Å²) in [6.07, 6.45) is -0.437. The standard InChI is InChI=1S/C10H11FN2O5S/c11-9-2-1-8(5-10(9)13(15)16)19(17,18)12-4-3-7(14)6-12/h1-2,5,7,14H,3-4,6H2/t7-/m1/s1. The van der Waals surface area contributed by atoms with E-state index >= 15 is 0 Å². The average Bonchev–Trinajstić information content (AvgIpc) is 2.76. The molecule has 0 radical (unpaired) electrons. The van der Waals surface area contributed by atoms with Crippen molar-refractivity contribution in [2.75, 3.05) is 13.1 Å². The molecule has 0 amide bonds. The third-order valence-corrected chi connectivity index (χ3v) is 4.74. The van der Waals surface area contributed by atoms with Gasteiger partial charge < -0.3 is 5.11 Å². The largest absolute Gasteiger partial charge is 0.392 e. The fraction of sp³-hybridized carbons (Fsp3) is 0.400. The minimum absolute atomic E-state index is 0.0620. The molecule has 1 fully saturated rings. The van der Waals surface area contributed by atoms with Crippen LogP contribution >= 0.6 is 0 Å². The van der Waals surface area contributed by atoms with E-state index in [2.05, 4.69) is 0 Å². The first-order valence-corrected chi connectivity index (χ1v) is 6.88. The number of aliphatic hydroxyl groups excluding tert-OH is 1. The van der Waals surface area contributed by atoms with Crippen LogP contribution in [0.1, 0.15) is 6.42 Å². The number of halogens is 1. The van der Waals surface area contributed by atoms with Gasteiger partial charge in [-0.1, -0.05) is 0 Å². The summed E-state index contributed by atoms with van der Waals surface area (Å²) in [5.74, 6) is -1.09. The van der Waals surface area contributed by atoms with Crippen LogP contribution in [-0.4, -0.2) is 41.9 Å². The maximum atomic E-state index is 13.2. The van der Waals surface area contributed by atoms with Gasteiger partial charge in [-0.25, -0.2) is 8.42 Å². The number of nitro benzene ring substituents is 1. The van der Waals surface area contributed by atoms with E-state index < -0.39 is 32.6 Å². The Morgan fingerprint density at radius 1 is 1.47 bits per heavy atom. The van der Waals surface area contributed by atoms with Crippen LogP contribution in [0.4, 0.5) is 10.1 Å². The number of nitro groups is 1. The number of hydrogen-bond acceptors (Lipinski definition) is 5. The summed E-state index contributed by atoms with van der Waals surface area (Å²) < 4.78 is 38.5. The van der Waals surface area contributed by atoms with E-state index in [-0.39, 0.29) is 18.0 Å². The van der Waals surface area contributed by atoms with Crippen LogP contribution in [0.15, 0.2) is 23.1 Å². The zero-order valence-electron chi connectivity index (χ0n) is 9.69. The van der Waals surface area contributed by atoms with Gasteiger partial charge in [0.1, 0.15) is 0 Å². The molecule has 0 aliphatic carbocycles. The van der Waals surface area contributed by atoms with Crippen LogP contribution in [0.25, 0.3) is 0 Å². The van der Waals surface area contributed by atoms with E-state index in [1.165, 1.54) is 0 Å². The number of β-amino-alcohol motifs (C(OH)–C–C–N with tert-alkyl or cyclic N) is 1. The van der Waals surface area contributed by atoms with Crippen LogP contribution in [0.3, 0.4) is 0 Å². The smallest absolute Gasteiger partial charge is 0.306 e. The van der Waals surface area contributed by atoms with Crippen molar-refractivity contribution in [3.05, 3.63) is 34.1 Å². The lowest BCUT2D eigenvalue weighted by Crippen LogP contribution is -2.29. The summed E-state index contributed by atoms with van der Waals surface area (Å²) in [4.78, 5) is 9.26. The molecule has 0 bridgehead atoms. The number of rotatable bonds is 3. The molecule has 1 aromatic carbocycles. The zero-order valence-corrected chi connectivity index (χ0v) is 10.5. The number of aliphatic hydroxyl groups is 1. The fourth-order valence-electron chi connectivity index (χ4n) is 1.87. The second-order valence-electron chi connectivity index (χ2n) is 4.18. The Hall–Kier alpha value is -1.58. The van der Waals surface area contributed by atoms with E-state index in [0.717, 1.165) is 16.4 Å². The van der Waals surface area contributed by atoms with Gasteiger partial charge in [-0.15, -0.1) is 0 Å². The summed E-state index contributed by atoms with van der Waals surface area (Å²) in [5, 5.41) is 19.9. The molecule has 7 nitrogen and oxygen atoms in total. The van der Waals surface area contributed by atoms with Gasteiger partial charge in [-0.05, 0) is 18.6 Å². The van der Waals surface area contributed by atoms with Gasteiger partial charge >= 0.3 is 5.69 Å². The van der Waals surface area contributed by atoms with Gasteiger partial charge in [0.25, 0.3) is 0 Å². The summed E-state index contributed by atoms with van der Waals surface area (Å²) in [7, 11) is -3.94. The van der Waals surface area contributed by atoms with E-state index in [1.807, 2.05) is 0 Å². The van der Waals surface area contributed by atoms with Crippen LogP contribution in [0.2, 0.25) is 0 Å². The lowest BCUT2D eigenvalue weighted by molar-refractivity contribution is -0.387. The van der Waals surface area contributed by atoms with Crippen molar-refractivity contribution in [1.82, 2.24) is 4.31 Å². The van der Waals surface area contributed by atoms with E-state index in [4.69, 9.17) is 0 Å². The molecule has 0 spiro atoms. The molecule has 1 saturated heterocycles. The molecule has 1 aliphatic rings. The van der Waals surface area contributed by atoms with Gasteiger partial charge in [0.15, 0.2) is 0 Å². The maximum Gasteiger partial charge on any atom is 0.306 e. The summed E-state index contributed by atoms with van der Waals surface area (Å²) >= 11 is 0. The minimum atomic E-state index is -3.94. The summed E-state index contributed by atoms with van der Waals surface area (Å²) in [5.41, 5.74) is -0.888. The molecule has 0 saturated carbocycles. The highest BCUT2D eigenvalue weighted by Gasteiger charge is 2.33. The normalized spacial score (nSPS) is 20.6. The maximum absolute atomic E-state index is 13.2. The molecule has 0 aromatic heterocycles. The van der Waals surface area contributed by atoms with E-state index in [9.17, 15) is 28.0 Å². The van der Waals surface area contributed by atoms with Crippen molar-refractivity contribution < 1.29 is 22.8 Å². The van der Waals surface area contributed by atoms with Gasteiger partial charge in [0.05, 0.1) is 15.9 Å². The molecular formula is C10H11FN2O5S. The number of nitrogens with zero attached hydrogens (tertiary/aromatic N) is 2. The van der Waals surface area contributed by atoms with Crippen LogP contribution in [0, 0.1) is 15.9 Å². The lowest BCUT2D eigenvalue weighted by atomic mass is 10.3. The van der Waals surface area contributed by atoms with Crippen molar-refractivity contribution in [2.45, 2.75) is 17.4 Å². The molecule has 2 rings (SSSR count). The highest BCUT2D eigenvalue weighted by molar-refractivity contribution is 7.89. The van der Waals surface area contributed by atoms with Crippen molar-refractivity contribution in [2.24, 2.45) is 0 Å². The zero-order chi connectivity index (χ0) is 14.2. The second-order valence-corrected chi connectivity index (χ2v) is 6.11. The second kappa shape index (κ2) is 4.83. The predicted octanol–water partition coefficient (Wildman–Crippen LogP) is 0.489. The highest BCUT2D eigenvalue weighted by Crippen LogP contribution is 2.26. The monoisotopic (exact) mass is 290 g/mol. The van der Waals surface area contributed by atoms with Gasteiger partial charge in [0.2, 0.25) is 15.8 Å². The quantitative estimate of drug-likeness (QED) is 0.645. The molecule has 1 aliphatic heterocycles. The highest BCUT2D eigenvalue weighted by atomic mass is 32.2. The molecule has 104 valence electrons. The molecular weight excluding hydrogens is 279 g/mol. The van der Waals surface area contributed by atoms with E-state index in [0.29, 0.717) is 12.5 Å². The first-order valence-electron chi connectivity index (χ1n) is 5.44. The third-order valence-electron chi connectivity index (χ3n) is 2.88. The first kappa shape index (κ1) is 13.8. The van der Waals surface area contributed by atoms with Crippen molar-refractivity contribution in [1.29, 1.82) is 0 Å². The molecule has 1 atom stereocenters. The van der Waals surface area contributed by atoms with Gasteiger partial charge in [-0.3, -0.25) is 10.1 Å². The molecule has 1 N–H and O–H groups in total. The van der Waals surface area contributed by atoms with Gasteiger partial charge in [-0.2, -0.15) is 8.70 Å². The summed E-state index contributed by atoms with van der Waals surface area (Å²) in [6.45, 7) is 0.0716. The van der Waals surface area contributed by atoms with Crippen LogP contribution in [0.5, 0.6) is 0 Å². The molecule has 1 heterocycles. The molecule has 0 unspecified atom stereocenters. The Labute approximate surface area is 108 Å². The Morgan fingerprint density at radius 3 is 2.68 bits per heavy atom. The van der Waals surface area contributed by atoms with Crippen molar-refractivity contribution >= 4 is 15.7 Å². The predicted molar refractivity (Wildman–Crippen MR) is 62.4 cm³/mol. The minimum Gasteiger partial charge on any atom is -0.392 e. The first-order chi connectivity index (χ1) is 8.82. The van der Waals surface area contributed by atoms with Gasteiger partial charge in [0, 0.05) is 19.2 Å². The third kappa shape index (κ3) is 2.57. The van der Waals surface area contributed by atoms with Crippen LogP contribution in [-0.2, 0) is 10.0 Å². The number of hydrogen-bond donors (Lipinski definition) is 1. The fourth-order valence-corrected chi connectivity index (χ4v) is 3.38. The molecule has 19 heavy (non-hydrogen) atoms. The Balaban J connectivity index is 2.41. The average molecular weight is 290 g/mol. The van der Waals surface area contributed by atoms with E-state index in [1.54, 1.807) is 0 Å². The lowest BCUT2D eigenvalue weighted by Gasteiger charge is -2.15. The molecule has 1 aromatic rings. The topological polar surface area (TPSA) is 101 Å². The summed E-state index contributed by atoms with van der Waals surface area (Å²) in [6, 6.07) is 2.41. The Morgan fingerprint density at radius 2 is 2.16 bits per heavy atom. The van der Waals surface area contributed by atoms with Crippen LogP contribution < -0.4 is 0 Å². The number of benzene rings is 1. The Kier molecular flexibility index (Phi) is 3.52. The Bertz CT molecular complexity index is 618. The number of sulfonamides is 1. The molecule has 9 heteroatoms. The SMILES string of the molecule is O=[N+]([O-])c1cc(S(=O)(=O)N2CC[C@@H](O)C2)ccc1F. The van der Waals surface area contributed by atoms with Crippen molar-refractivity contribution in [3.63, 3.8) is 0 Å².